The molecule has 0 aromatic rings. The van der Waals surface area contributed by atoms with E-state index < -0.39 is 0 Å². The molecule has 0 aromatic heterocycles. The Balaban J connectivity index is 4.06. The Bertz CT molecular complexity index is 229. The van der Waals surface area contributed by atoms with Crippen LogP contribution in [0.3, 0.4) is 0 Å². The third-order valence-corrected chi connectivity index (χ3v) is 3.55. The van der Waals surface area contributed by atoms with Crippen molar-refractivity contribution in [1.82, 2.24) is 4.90 Å². The first kappa shape index (κ1) is 16.4. The van der Waals surface area contributed by atoms with Gasteiger partial charge in [0.05, 0.1) is 5.54 Å². The summed E-state index contributed by atoms with van der Waals surface area (Å²) in [5, 5.41) is 0. The number of carbonyl (C=O) groups excluding carboxylic acids is 1. The molecular formula is C15H29NO. The molecule has 0 aliphatic rings. The van der Waals surface area contributed by atoms with Crippen molar-refractivity contribution in [3.63, 3.8) is 0 Å². The van der Waals surface area contributed by atoms with Crippen molar-refractivity contribution in [2.75, 3.05) is 13.1 Å². The number of Topliss-reactive ketones (excluding diaryl/α,β-unsaturated/α-hetero) is 1. The minimum absolute atomic E-state index is 0.304. The lowest BCUT2D eigenvalue weighted by Gasteiger charge is -2.35. The van der Waals surface area contributed by atoms with Crippen LogP contribution >= 0.6 is 0 Å². The molecule has 0 fully saturated rings. The van der Waals surface area contributed by atoms with E-state index in [0.717, 1.165) is 38.8 Å². The van der Waals surface area contributed by atoms with E-state index in [9.17, 15) is 4.79 Å². The lowest BCUT2D eigenvalue weighted by molar-refractivity contribution is -0.129. The molecule has 0 saturated heterocycles. The van der Waals surface area contributed by atoms with Crippen LogP contribution in [-0.4, -0.2) is 29.3 Å². The average molecular weight is 239 g/mol. The van der Waals surface area contributed by atoms with Gasteiger partial charge in [0.25, 0.3) is 0 Å². The van der Waals surface area contributed by atoms with Gasteiger partial charge in [0.15, 0.2) is 5.78 Å². The zero-order chi connectivity index (χ0) is 13.3. The SMILES string of the molecule is C=CCCCCCC(=O)C(C)(C)N(CC)CC. The molecule has 100 valence electrons. The number of carbonyl (C=O) groups is 1. The molecule has 0 spiro atoms. The summed E-state index contributed by atoms with van der Waals surface area (Å²) in [5.74, 6) is 0.375. The molecule has 0 bridgehead atoms. The fourth-order valence-electron chi connectivity index (χ4n) is 2.25. The van der Waals surface area contributed by atoms with E-state index in [-0.39, 0.29) is 5.54 Å². The fourth-order valence-corrected chi connectivity index (χ4v) is 2.25. The van der Waals surface area contributed by atoms with Crippen LogP contribution in [0.2, 0.25) is 0 Å². The zero-order valence-corrected chi connectivity index (χ0v) is 12.1. The second-order valence-electron chi connectivity index (χ2n) is 5.04. The first-order chi connectivity index (χ1) is 8.00. The van der Waals surface area contributed by atoms with E-state index in [1.165, 1.54) is 0 Å². The van der Waals surface area contributed by atoms with Gasteiger partial charge >= 0.3 is 0 Å². The number of nitrogens with zero attached hydrogens (tertiary/aromatic N) is 1. The monoisotopic (exact) mass is 239 g/mol. The Kier molecular flexibility index (Phi) is 8.15. The van der Waals surface area contributed by atoms with Crippen LogP contribution in [0.25, 0.3) is 0 Å². The fraction of sp³-hybridized carbons (Fsp3) is 0.800. The lowest BCUT2D eigenvalue weighted by atomic mass is 9.92. The highest BCUT2D eigenvalue weighted by Crippen LogP contribution is 2.18. The minimum atomic E-state index is -0.304. The Morgan fingerprint density at radius 2 is 1.76 bits per heavy atom. The molecule has 2 heteroatoms. The largest absolute Gasteiger partial charge is 0.298 e. The maximum Gasteiger partial charge on any atom is 0.152 e. The van der Waals surface area contributed by atoms with Gasteiger partial charge in [-0.3, -0.25) is 9.69 Å². The molecule has 0 heterocycles. The minimum Gasteiger partial charge on any atom is -0.298 e. The zero-order valence-electron chi connectivity index (χ0n) is 12.1. The highest BCUT2D eigenvalue weighted by molar-refractivity contribution is 5.87. The highest BCUT2D eigenvalue weighted by atomic mass is 16.1. The summed E-state index contributed by atoms with van der Waals surface area (Å²) in [6.45, 7) is 13.9. The van der Waals surface area contributed by atoms with Crippen molar-refractivity contribution in [2.24, 2.45) is 0 Å². The third-order valence-electron chi connectivity index (χ3n) is 3.55. The Hall–Kier alpha value is -0.630. The number of allylic oxidation sites excluding steroid dienone is 1. The third kappa shape index (κ3) is 5.49. The van der Waals surface area contributed by atoms with E-state index in [0.29, 0.717) is 12.2 Å². The predicted molar refractivity (Wildman–Crippen MR) is 75.3 cm³/mol. The number of ketones is 1. The first-order valence-corrected chi connectivity index (χ1v) is 6.89. The van der Waals surface area contributed by atoms with Crippen molar-refractivity contribution >= 4 is 5.78 Å². The normalized spacial score (nSPS) is 11.8. The molecule has 0 atom stereocenters. The second-order valence-corrected chi connectivity index (χ2v) is 5.04. The molecule has 0 radical (unpaired) electrons. The maximum atomic E-state index is 12.2. The van der Waals surface area contributed by atoms with E-state index in [1.54, 1.807) is 0 Å². The topological polar surface area (TPSA) is 20.3 Å². The number of unbranched alkanes of at least 4 members (excludes halogenated alkanes) is 3. The quantitative estimate of drug-likeness (QED) is 0.427. The van der Waals surface area contributed by atoms with Crippen LogP contribution in [0, 0.1) is 0 Å². The summed E-state index contributed by atoms with van der Waals surface area (Å²) in [5.41, 5.74) is -0.304. The van der Waals surface area contributed by atoms with E-state index in [2.05, 4.69) is 25.3 Å². The molecule has 0 unspecified atom stereocenters. The molecule has 0 aliphatic carbocycles. The Morgan fingerprint density at radius 3 is 2.24 bits per heavy atom. The van der Waals surface area contributed by atoms with Gasteiger partial charge in [0.1, 0.15) is 0 Å². The van der Waals surface area contributed by atoms with Gasteiger partial charge in [0.2, 0.25) is 0 Å². The molecule has 0 aromatic carbocycles. The van der Waals surface area contributed by atoms with E-state index >= 15 is 0 Å². The standard InChI is InChI=1S/C15H29NO/c1-6-9-10-11-12-13-14(17)15(4,5)16(7-2)8-3/h6H,1,7-13H2,2-5H3. The van der Waals surface area contributed by atoms with Crippen LogP contribution in [0.5, 0.6) is 0 Å². The summed E-state index contributed by atoms with van der Waals surface area (Å²) in [6.07, 6.45) is 7.02. The smallest absolute Gasteiger partial charge is 0.152 e. The maximum absolute atomic E-state index is 12.2. The van der Waals surface area contributed by atoms with Gasteiger partial charge in [-0.15, -0.1) is 6.58 Å². The molecule has 0 rings (SSSR count). The van der Waals surface area contributed by atoms with Crippen LogP contribution in [0.15, 0.2) is 12.7 Å². The van der Waals surface area contributed by atoms with Gasteiger partial charge < -0.3 is 0 Å². The van der Waals surface area contributed by atoms with Gasteiger partial charge in [-0.2, -0.15) is 0 Å². The van der Waals surface area contributed by atoms with Gasteiger partial charge in [0, 0.05) is 6.42 Å². The number of hydrogen-bond donors (Lipinski definition) is 0. The van der Waals surface area contributed by atoms with Crippen LogP contribution in [0.4, 0.5) is 0 Å². The summed E-state index contributed by atoms with van der Waals surface area (Å²) in [4.78, 5) is 14.4. The van der Waals surface area contributed by atoms with Crippen molar-refractivity contribution in [3.8, 4) is 0 Å². The summed E-state index contributed by atoms with van der Waals surface area (Å²) >= 11 is 0. The van der Waals surface area contributed by atoms with E-state index in [1.807, 2.05) is 19.9 Å². The predicted octanol–water partition coefficient (Wildman–Crippen LogP) is 3.81. The Labute approximate surface area is 107 Å². The molecule has 0 aliphatic heterocycles. The first-order valence-electron chi connectivity index (χ1n) is 6.89. The number of likely N-dealkylation sites (N-methyl/N-ethyl adjacent to an activating group) is 1. The van der Waals surface area contributed by atoms with Gasteiger partial charge in [-0.25, -0.2) is 0 Å². The molecule has 0 saturated carbocycles. The molecule has 17 heavy (non-hydrogen) atoms. The van der Waals surface area contributed by atoms with Crippen molar-refractivity contribution < 1.29 is 4.79 Å². The van der Waals surface area contributed by atoms with E-state index in [4.69, 9.17) is 0 Å². The molecule has 0 amide bonds. The molecule has 2 nitrogen and oxygen atoms in total. The van der Waals surface area contributed by atoms with Crippen LogP contribution in [-0.2, 0) is 4.79 Å². The van der Waals surface area contributed by atoms with Crippen molar-refractivity contribution in [3.05, 3.63) is 12.7 Å². The summed E-state index contributed by atoms with van der Waals surface area (Å²) in [7, 11) is 0. The summed E-state index contributed by atoms with van der Waals surface area (Å²) in [6, 6.07) is 0. The van der Waals surface area contributed by atoms with Crippen LogP contribution in [0.1, 0.15) is 59.8 Å². The average Bonchev–Trinajstić information content (AvgIpc) is 2.29. The second kappa shape index (κ2) is 8.46. The van der Waals surface area contributed by atoms with Crippen molar-refractivity contribution in [1.29, 1.82) is 0 Å². The highest BCUT2D eigenvalue weighted by Gasteiger charge is 2.31. The molecular weight excluding hydrogens is 210 g/mol. The Morgan fingerprint density at radius 1 is 1.18 bits per heavy atom. The summed E-state index contributed by atoms with van der Waals surface area (Å²) < 4.78 is 0. The van der Waals surface area contributed by atoms with Gasteiger partial charge in [-0.05, 0) is 46.2 Å². The van der Waals surface area contributed by atoms with Crippen molar-refractivity contribution in [2.45, 2.75) is 65.3 Å². The van der Waals surface area contributed by atoms with Crippen LogP contribution < -0.4 is 0 Å². The molecule has 0 N–H and O–H groups in total. The van der Waals surface area contributed by atoms with Gasteiger partial charge in [-0.1, -0.05) is 26.3 Å². The number of rotatable bonds is 10. The lowest BCUT2D eigenvalue weighted by Crippen LogP contribution is -2.49. The number of hydrogen-bond acceptors (Lipinski definition) is 2.